The average molecular weight is 541 g/mol. The highest BCUT2D eigenvalue weighted by atomic mass is 32.2. The molecule has 0 spiro atoms. The Morgan fingerprint density at radius 2 is 1.74 bits per heavy atom. The van der Waals surface area contributed by atoms with Crippen LogP contribution in [0, 0.1) is 0 Å². The van der Waals surface area contributed by atoms with Gasteiger partial charge in [-0.2, -0.15) is 5.10 Å². The maximum atomic E-state index is 12.4. The van der Waals surface area contributed by atoms with Gasteiger partial charge in [-0.15, -0.1) is 0 Å². The van der Waals surface area contributed by atoms with E-state index in [0.717, 1.165) is 68.9 Å². The van der Waals surface area contributed by atoms with Crippen LogP contribution in [0.5, 0.6) is 0 Å². The van der Waals surface area contributed by atoms with E-state index in [1.54, 1.807) is 28.9 Å². The first-order valence-corrected chi connectivity index (χ1v) is 15.0. The number of rotatable bonds is 4. The van der Waals surface area contributed by atoms with Crippen molar-refractivity contribution in [3.8, 4) is 11.1 Å². The number of likely N-dealkylation sites (tertiary alicyclic amines) is 1. The zero-order chi connectivity index (χ0) is 27.1. The van der Waals surface area contributed by atoms with E-state index in [4.69, 9.17) is 4.74 Å². The van der Waals surface area contributed by atoms with Crippen LogP contribution in [0.25, 0.3) is 16.8 Å². The van der Waals surface area contributed by atoms with Crippen LogP contribution in [0.15, 0.2) is 47.8 Å². The van der Waals surface area contributed by atoms with Crippen molar-refractivity contribution in [3.05, 3.63) is 42.9 Å². The Hall–Kier alpha value is -3.18. The first-order valence-electron chi connectivity index (χ1n) is 13.1. The summed E-state index contributed by atoms with van der Waals surface area (Å²) >= 11 is 0. The number of benzene rings is 1. The van der Waals surface area contributed by atoms with Crippen LogP contribution < -0.4 is 4.90 Å². The number of hydrogen-bond donors (Lipinski definition) is 0. The summed E-state index contributed by atoms with van der Waals surface area (Å²) in [5, 5.41) is 4.50. The predicted octanol–water partition coefficient (Wildman–Crippen LogP) is 3.32. The van der Waals surface area contributed by atoms with Crippen molar-refractivity contribution in [2.75, 3.05) is 50.4 Å². The molecule has 2 aromatic heterocycles. The lowest BCUT2D eigenvalue weighted by atomic mass is 10.0. The fraction of sp³-hybridized carbons (Fsp3) is 0.519. The lowest BCUT2D eigenvalue weighted by Gasteiger charge is -2.43. The van der Waals surface area contributed by atoms with Crippen LogP contribution in [0.2, 0.25) is 0 Å². The van der Waals surface area contributed by atoms with E-state index < -0.39 is 15.4 Å². The molecular weight excluding hydrogens is 504 g/mol. The number of hydrogen-bond acceptors (Lipinski definition) is 8. The van der Waals surface area contributed by atoms with Crippen molar-refractivity contribution in [2.45, 2.75) is 50.2 Å². The van der Waals surface area contributed by atoms with Crippen molar-refractivity contribution < 1.29 is 17.9 Å². The summed E-state index contributed by atoms with van der Waals surface area (Å²) in [7, 11) is -3.30. The molecule has 2 fully saturated rings. The van der Waals surface area contributed by atoms with Gasteiger partial charge in [0.15, 0.2) is 15.5 Å². The number of nitrogens with zero attached hydrogens (tertiary/aromatic N) is 6. The van der Waals surface area contributed by atoms with Crippen LogP contribution in [0.1, 0.15) is 33.6 Å². The monoisotopic (exact) mass is 540 g/mol. The molecule has 0 saturated carbocycles. The van der Waals surface area contributed by atoms with E-state index in [0.29, 0.717) is 11.7 Å². The summed E-state index contributed by atoms with van der Waals surface area (Å²) in [5.41, 5.74) is 2.80. The Kier molecular flexibility index (Phi) is 7.08. The molecule has 2 saturated heterocycles. The molecule has 1 aromatic carbocycles. The molecule has 10 nitrogen and oxygen atoms in total. The van der Waals surface area contributed by atoms with E-state index in [1.807, 2.05) is 44.1 Å². The molecule has 0 N–H and O–H groups in total. The van der Waals surface area contributed by atoms with E-state index in [-0.39, 0.29) is 11.0 Å². The summed E-state index contributed by atoms with van der Waals surface area (Å²) in [6, 6.07) is 7.36. The van der Waals surface area contributed by atoms with Crippen molar-refractivity contribution in [2.24, 2.45) is 0 Å². The van der Waals surface area contributed by atoms with E-state index in [9.17, 15) is 13.2 Å². The number of anilines is 1. The smallest absolute Gasteiger partial charge is 0.410 e. The van der Waals surface area contributed by atoms with E-state index in [1.165, 1.54) is 6.26 Å². The number of ether oxygens (including phenoxy) is 1. The molecule has 3 aromatic rings. The Morgan fingerprint density at radius 1 is 1.03 bits per heavy atom. The predicted molar refractivity (Wildman–Crippen MR) is 146 cm³/mol. The second-order valence-electron chi connectivity index (χ2n) is 11.2. The van der Waals surface area contributed by atoms with Gasteiger partial charge in [-0.1, -0.05) is 12.1 Å². The number of amides is 1. The first-order chi connectivity index (χ1) is 18.0. The van der Waals surface area contributed by atoms with Gasteiger partial charge in [0, 0.05) is 57.1 Å². The van der Waals surface area contributed by atoms with E-state index in [2.05, 4.69) is 19.9 Å². The fourth-order valence-corrected chi connectivity index (χ4v) is 5.88. The van der Waals surface area contributed by atoms with Gasteiger partial charge in [0.25, 0.3) is 0 Å². The summed E-state index contributed by atoms with van der Waals surface area (Å²) < 4.78 is 31.3. The lowest BCUT2D eigenvalue weighted by molar-refractivity contribution is 0.0140. The summed E-state index contributed by atoms with van der Waals surface area (Å²) in [4.78, 5) is 24.0. The van der Waals surface area contributed by atoms with Gasteiger partial charge in [0.1, 0.15) is 5.60 Å². The minimum absolute atomic E-state index is 0.214. The third-order valence-corrected chi connectivity index (χ3v) is 8.34. The fourth-order valence-electron chi connectivity index (χ4n) is 5.21. The molecule has 2 aliphatic rings. The van der Waals surface area contributed by atoms with Gasteiger partial charge in [-0.3, -0.25) is 4.90 Å². The summed E-state index contributed by atoms with van der Waals surface area (Å²) in [6.45, 7) is 10.9. The third kappa shape index (κ3) is 5.78. The lowest BCUT2D eigenvalue weighted by Crippen LogP contribution is -2.54. The number of aromatic nitrogens is 3. The van der Waals surface area contributed by atoms with Gasteiger partial charge in [0.05, 0.1) is 29.2 Å². The normalized spacial score (nSPS) is 18.2. The maximum absolute atomic E-state index is 12.4. The van der Waals surface area contributed by atoms with Gasteiger partial charge >= 0.3 is 6.09 Å². The second-order valence-corrected chi connectivity index (χ2v) is 13.2. The Bertz CT molecular complexity index is 1410. The van der Waals surface area contributed by atoms with Gasteiger partial charge < -0.3 is 14.5 Å². The van der Waals surface area contributed by atoms with Crippen LogP contribution in [-0.4, -0.2) is 96.1 Å². The second kappa shape index (κ2) is 10.2. The SMILES string of the molecule is CC(C)(C)OC(=O)N1CCC(N2CCN(c3cnc4c(-c5cccc(S(C)(=O)=O)c5)cnn4c3)CC2)CC1. The Balaban J connectivity index is 1.20. The number of piperazine rings is 1. The first kappa shape index (κ1) is 26.4. The highest BCUT2D eigenvalue weighted by molar-refractivity contribution is 7.90. The van der Waals surface area contributed by atoms with E-state index >= 15 is 0 Å². The minimum atomic E-state index is -3.30. The van der Waals surface area contributed by atoms with Crippen molar-refractivity contribution in [3.63, 3.8) is 0 Å². The Labute approximate surface area is 224 Å². The van der Waals surface area contributed by atoms with Crippen LogP contribution in [0.4, 0.5) is 10.5 Å². The van der Waals surface area contributed by atoms with Crippen LogP contribution in [-0.2, 0) is 14.6 Å². The largest absolute Gasteiger partial charge is 0.444 e. The zero-order valence-electron chi connectivity index (χ0n) is 22.5. The number of carbonyl (C=O) groups is 1. The molecular formula is C27H36N6O4S. The topological polar surface area (TPSA) is 100 Å². The molecule has 5 rings (SSSR count). The average Bonchev–Trinajstić information content (AvgIpc) is 3.31. The molecule has 0 radical (unpaired) electrons. The van der Waals surface area contributed by atoms with Gasteiger partial charge in [-0.25, -0.2) is 22.7 Å². The number of carbonyl (C=O) groups excluding carboxylic acids is 1. The zero-order valence-corrected chi connectivity index (χ0v) is 23.3. The number of sulfone groups is 1. The molecule has 0 atom stereocenters. The summed E-state index contributed by atoms with van der Waals surface area (Å²) in [5.74, 6) is 0. The summed E-state index contributed by atoms with van der Waals surface area (Å²) in [6.07, 6.45) is 8.51. The van der Waals surface area contributed by atoms with Crippen LogP contribution in [0.3, 0.4) is 0 Å². The molecule has 2 aliphatic heterocycles. The van der Waals surface area contributed by atoms with Crippen molar-refractivity contribution in [1.82, 2.24) is 24.4 Å². The number of piperidine rings is 1. The molecule has 38 heavy (non-hydrogen) atoms. The third-order valence-electron chi connectivity index (χ3n) is 7.23. The molecule has 11 heteroatoms. The standard InChI is InChI=1S/C27H36N6O4S/c1-27(2,3)37-26(34)32-10-8-21(9-11-32)30-12-14-31(15-13-30)22-17-28-25-24(18-29-33(25)19-22)20-6-5-7-23(16-20)38(4,35)36/h5-7,16-19,21H,8-15H2,1-4H3. The molecule has 0 unspecified atom stereocenters. The number of fused-ring (bicyclic) bond motifs is 1. The highest BCUT2D eigenvalue weighted by Gasteiger charge is 2.31. The molecule has 0 bridgehead atoms. The van der Waals surface area contributed by atoms with Gasteiger partial charge in [0.2, 0.25) is 0 Å². The highest BCUT2D eigenvalue weighted by Crippen LogP contribution is 2.28. The molecule has 204 valence electrons. The molecule has 0 aliphatic carbocycles. The van der Waals surface area contributed by atoms with Crippen molar-refractivity contribution >= 4 is 27.3 Å². The minimum Gasteiger partial charge on any atom is -0.444 e. The van der Waals surface area contributed by atoms with Crippen LogP contribution >= 0.6 is 0 Å². The Morgan fingerprint density at radius 3 is 2.39 bits per heavy atom. The van der Waals surface area contributed by atoms with Gasteiger partial charge in [-0.05, 0) is 51.3 Å². The molecule has 1 amide bonds. The van der Waals surface area contributed by atoms with Crippen molar-refractivity contribution in [1.29, 1.82) is 0 Å². The molecule has 4 heterocycles. The maximum Gasteiger partial charge on any atom is 0.410 e. The quantitative estimate of drug-likeness (QED) is 0.497.